The second-order valence-electron chi connectivity index (χ2n) is 7.68. The van der Waals surface area contributed by atoms with Gasteiger partial charge < -0.3 is 0 Å². The lowest BCUT2D eigenvalue weighted by Gasteiger charge is -2.34. The summed E-state index contributed by atoms with van der Waals surface area (Å²) in [7, 11) is 0. The van der Waals surface area contributed by atoms with Gasteiger partial charge in [-0.3, -0.25) is 19.4 Å². The maximum absolute atomic E-state index is 5.82. The zero-order valence-corrected chi connectivity index (χ0v) is 19.3. The van der Waals surface area contributed by atoms with Gasteiger partial charge in [-0.05, 0) is 65.3 Å². The summed E-state index contributed by atoms with van der Waals surface area (Å²) in [6.45, 7) is 6.01. The van der Waals surface area contributed by atoms with Crippen molar-refractivity contribution in [3.63, 3.8) is 0 Å². The van der Waals surface area contributed by atoms with Crippen molar-refractivity contribution in [2.24, 2.45) is 0 Å². The fourth-order valence-electron chi connectivity index (χ4n) is 3.81. The number of hydrogen-bond acceptors (Lipinski definition) is 6. The van der Waals surface area contributed by atoms with E-state index in [1.807, 2.05) is 40.5 Å². The smallest absolute Gasteiger partial charge is 0.199 e. The van der Waals surface area contributed by atoms with Crippen molar-refractivity contribution in [1.82, 2.24) is 29.1 Å². The summed E-state index contributed by atoms with van der Waals surface area (Å²) in [5.41, 5.74) is 1.09. The Kier molecular flexibility index (Phi) is 5.66. The molecule has 0 atom stereocenters. The number of halogens is 1. The van der Waals surface area contributed by atoms with Crippen LogP contribution in [0.5, 0.6) is 0 Å². The Hall–Kier alpha value is -1.39. The SMILES string of the molecule is S=c1n(CN2CCN(Cc3ccc(Br)s3)CC2)nc(-c2ccncc2)n1C1CC1. The van der Waals surface area contributed by atoms with Crippen LogP contribution in [0.1, 0.15) is 23.8 Å². The highest BCUT2D eigenvalue weighted by atomic mass is 79.9. The summed E-state index contributed by atoms with van der Waals surface area (Å²) < 4.78 is 6.30. The van der Waals surface area contributed by atoms with Crippen LogP contribution >= 0.6 is 39.5 Å². The molecule has 9 heteroatoms. The molecule has 3 aromatic rings. The van der Waals surface area contributed by atoms with Gasteiger partial charge in [0.1, 0.15) is 0 Å². The molecule has 5 rings (SSSR count). The maximum Gasteiger partial charge on any atom is 0.199 e. The molecule has 6 nitrogen and oxygen atoms in total. The molecular weight excluding hydrogens is 468 g/mol. The fourth-order valence-corrected chi connectivity index (χ4v) is 5.67. The Morgan fingerprint density at radius 1 is 1.03 bits per heavy atom. The molecule has 2 fully saturated rings. The van der Waals surface area contributed by atoms with Gasteiger partial charge in [-0.1, -0.05) is 0 Å². The minimum atomic E-state index is 0.501. The predicted octanol–water partition coefficient (Wildman–Crippen LogP) is 4.41. The molecular formula is C20H23BrN6S2. The van der Waals surface area contributed by atoms with Crippen LogP contribution in [0.2, 0.25) is 0 Å². The number of piperazine rings is 1. The van der Waals surface area contributed by atoms with Crippen molar-refractivity contribution in [3.8, 4) is 11.4 Å². The molecule has 3 aromatic heterocycles. The molecule has 0 N–H and O–H groups in total. The van der Waals surface area contributed by atoms with Gasteiger partial charge in [0, 0.05) is 61.6 Å². The van der Waals surface area contributed by atoms with Crippen LogP contribution in [0.15, 0.2) is 40.4 Å². The van der Waals surface area contributed by atoms with Crippen LogP contribution in [0.4, 0.5) is 0 Å². The molecule has 4 heterocycles. The van der Waals surface area contributed by atoms with Crippen LogP contribution < -0.4 is 0 Å². The van der Waals surface area contributed by atoms with E-state index >= 15 is 0 Å². The molecule has 0 unspecified atom stereocenters. The molecule has 0 spiro atoms. The summed E-state index contributed by atoms with van der Waals surface area (Å²) in [5.74, 6) is 0.974. The van der Waals surface area contributed by atoms with E-state index in [1.54, 1.807) is 0 Å². The van der Waals surface area contributed by atoms with E-state index in [9.17, 15) is 0 Å². The molecule has 0 aromatic carbocycles. The molecule has 152 valence electrons. The molecule has 29 heavy (non-hydrogen) atoms. The van der Waals surface area contributed by atoms with Gasteiger partial charge in [0.25, 0.3) is 0 Å². The van der Waals surface area contributed by atoms with E-state index < -0.39 is 0 Å². The molecule has 0 radical (unpaired) electrons. The second kappa shape index (κ2) is 8.39. The molecule has 1 aliphatic carbocycles. The monoisotopic (exact) mass is 490 g/mol. The van der Waals surface area contributed by atoms with Gasteiger partial charge in [-0.25, -0.2) is 4.68 Å². The quantitative estimate of drug-likeness (QED) is 0.478. The van der Waals surface area contributed by atoms with Gasteiger partial charge >= 0.3 is 0 Å². The molecule has 1 saturated carbocycles. The summed E-state index contributed by atoms with van der Waals surface area (Å²) in [5, 5.41) is 4.91. The third-order valence-electron chi connectivity index (χ3n) is 5.53. The largest absolute Gasteiger partial charge is 0.297 e. The Morgan fingerprint density at radius 3 is 2.41 bits per heavy atom. The Bertz CT molecular complexity index is 1030. The number of rotatable bonds is 6. The first-order valence-electron chi connectivity index (χ1n) is 9.96. The van der Waals surface area contributed by atoms with Crippen molar-refractivity contribution < 1.29 is 0 Å². The number of hydrogen-bond donors (Lipinski definition) is 0. The van der Waals surface area contributed by atoms with Gasteiger partial charge in [-0.15, -0.1) is 11.3 Å². The lowest BCUT2D eigenvalue weighted by molar-refractivity contribution is 0.0987. The van der Waals surface area contributed by atoms with E-state index in [0.717, 1.165) is 55.6 Å². The molecule has 0 amide bonds. The van der Waals surface area contributed by atoms with Crippen molar-refractivity contribution >= 4 is 39.5 Å². The van der Waals surface area contributed by atoms with E-state index in [-0.39, 0.29) is 0 Å². The van der Waals surface area contributed by atoms with Crippen LogP contribution in [0.25, 0.3) is 11.4 Å². The first-order chi connectivity index (χ1) is 14.2. The highest BCUT2D eigenvalue weighted by Gasteiger charge is 2.29. The minimum absolute atomic E-state index is 0.501. The first kappa shape index (κ1) is 19.6. The summed E-state index contributed by atoms with van der Waals surface area (Å²) in [6, 6.07) is 8.88. The van der Waals surface area contributed by atoms with Gasteiger partial charge in [0.05, 0.1) is 10.5 Å². The second-order valence-corrected chi connectivity index (χ2v) is 10.6. The number of aromatic nitrogens is 4. The molecule has 1 aliphatic heterocycles. The van der Waals surface area contributed by atoms with Crippen molar-refractivity contribution in [2.45, 2.75) is 32.1 Å². The van der Waals surface area contributed by atoms with E-state index in [1.165, 1.54) is 21.5 Å². The van der Waals surface area contributed by atoms with E-state index in [2.05, 4.69) is 47.4 Å². The van der Waals surface area contributed by atoms with Gasteiger partial charge in [-0.2, -0.15) is 5.10 Å². The van der Waals surface area contributed by atoms with Gasteiger partial charge in [0.2, 0.25) is 0 Å². The highest BCUT2D eigenvalue weighted by Crippen LogP contribution is 2.38. The van der Waals surface area contributed by atoms with Crippen LogP contribution in [-0.2, 0) is 13.2 Å². The zero-order chi connectivity index (χ0) is 19.8. The molecule has 1 saturated heterocycles. The topological polar surface area (TPSA) is 42.1 Å². The van der Waals surface area contributed by atoms with Crippen molar-refractivity contribution in [3.05, 3.63) is 50.1 Å². The lowest BCUT2D eigenvalue weighted by Crippen LogP contribution is -2.46. The lowest BCUT2D eigenvalue weighted by atomic mass is 10.2. The number of nitrogens with zero attached hydrogens (tertiary/aromatic N) is 6. The minimum Gasteiger partial charge on any atom is -0.297 e. The van der Waals surface area contributed by atoms with E-state index in [4.69, 9.17) is 17.3 Å². The van der Waals surface area contributed by atoms with Crippen molar-refractivity contribution in [2.75, 3.05) is 26.2 Å². The maximum atomic E-state index is 5.82. The average Bonchev–Trinajstić information content (AvgIpc) is 3.41. The Labute approximate surface area is 187 Å². The summed E-state index contributed by atoms with van der Waals surface area (Å²) in [4.78, 5) is 10.5. The summed E-state index contributed by atoms with van der Waals surface area (Å²) in [6.07, 6.45) is 6.02. The average molecular weight is 491 g/mol. The van der Waals surface area contributed by atoms with Crippen LogP contribution in [0.3, 0.4) is 0 Å². The first-order valence-corrected chi connectivity index (χ1v) is 12.0. The zero-order valence-electron chi connectivity index (χ0n) is 16.1. The number of thiophene rings is 1. The third-order valence-corrected chi connectivity index (χ3v) is 7.54. The van der Waals surface area contributed by atoms with Gasteiger partial charge in [0.15, 0.2) is 10.6 Å². The fraction of sp³-hybridized carbons (Fsp3) is 0.450. The normalized spacial score (nSPS) is 18.4. The third kappa shape index (κ3) is 4.39. The van der Waals surface area contributed by atoms with Crippen molar-refractivity contribution in [1.29, 1.82) is 0 Å². The van der Waals surface area contributed by atoms with E-state index in [0.29, 0.717) is 6.04 Å². The Balaban J connectivity index is 1.27. The molecule has 2 aliphatic rings. The Morgan fingerprint density at radius 2 is 1.76 bits per heavy atom. The standard InChI is InChI=1S/C20H23BrN6S2/c21-18-4-3-17(29-18)13-24-9-11-25(12-10-24)14-26-20(28)27(16-1-2-16)19(23-26)15-5-7-22-8-6-15/h3-8,16H,1-2,9-14H2. The highest BCUT2D eigenvalue weighted by molar-refractivity contribution is 9.11. The van der Waals surface area contributed by atoms with Crippen LogP contribution in [0, 0.1) is 4.77 Å². The predicted molar refractivity (Wildman–Crippen MR) is 121 cm³/mol. The molecule has 0 bridgehead atoms. The van der Waals surface area contributed by atoms with Crippen LogP contribution in [-0.4, -0.2) is 55.3 Å². The number of pyridine rings is 1. The summed E-state index contributed by atoms with van der Waals surface area (Å²) >= 11 is 11.2.